The second-order valence-corrected chi connectivity index (χ2v) is 7.98. The van der Waals surface area contributed by atoms with Crippen molar-refractivity contribution >= 4 is 44.5 Å². The Morgan fingerprint density at radius 2 is 1.97 bits per heavy atom. The zero-order valence-electron chi connectivity index (χ0n) is 15.4. The van der Waals surface area contributed by atoms with Gasteiger partial charge in [0.25, 0.3) is 5.56 Å². The SMILES string of the molecule is CC(Nc1ccnc2ccnn12)c1cc2scc(Cl)c2c(=O)n1-c1ccccc1. The molecule has 4 heterocycles. The van der Waals surface area contributed by atoms with Crippen LogP contribution in [0.25, 0.3) is 21.4 Å². The van der Waals surface area contributed by atoms with E-state index in [4.69, 9.17) is 11.6 Å². The Bertz CT molecular complexity index is 1390. The number of para-hydroxylation sites is 1. The van der Waals surface area contributed by atoms with Crippen molar-refractivity contribution < 1.29 is 0 Å². The smallest absolute Gasteiger partial charge is 0.265 e. The maximum atomic E-state index is 13.4. The number of anilines is 1. The van der Waals surface area contributed by atoms with E-state index in [0.717, 1.165) is 27.5 Å². The summed E-state index contributed by atoms with van der Waals surface area (Å²) in [5.41, 5.74) is 2.26. The van der Waals surface area contributed by atoms with Gasteiger partial charge in [-0.1, -0.05) is 29.8 Å². The van der Waals surface area contributed by atoms with Crippen molar-refractivity contribution in [1.29, 1.82) is 0 Å². The molecule has 1 unspecified atom stereocenters. The molecule has 144 valence electrons. The summed E-state index contributed by atoms with van der Waals surface area (Å²) in [5, 5.41) is 10.6. The van der Waals surface area contributed by atoms with Crippen LogP contribution in [0.1, 0.15) is 18.7 Å². The number of benzene rings is 1. The van der Waals surface area contributed by atoms with E-state index in [1.807, 2.05) is 55.5 Å². The summed E-state index contributed by atoms with van der Waals surface area (Å²) in [4.78, 5) is 17.7. The standard InChI is InChI=1S/C21H16ClN5OS/c1-13(25-19-7-9-23-18-8-10-24-27(18)19)16-11-17-20(15(22)12-29-17)21(28)26(16)14-5-3-2-4-6-14/h2-13,25H,1H3. The summed E-state index contributed by atoms with van der Waals surface area (Å²) in [6.45, 7) is 2.02. The van der Waals surface area contributed by atoms with Crippen molar-refractivity contribution in [3.05, 3.63) is 87.4 Å². The molecule has 1 N–H and O–H groups in total. The summed E-state index contributed by atoms with van der Waals surface area (Å²) < 4.78 is 4.33. The number of hydrogen-bond acceptors (Lipinski definition) is 5. The van der Waals surface area contributed by atoms with Gasteiger partial charge in [0.1, 0.15) is 5.82 Å². The molecule has 8 heteroatoms. The van der Waals surface area contributed by atoms with Gasteiger partial charge in [0.05, 0.1) is 22.6 Å². The lowest BCUT2D eigenvalue weighted by atomic mass is 10.1. The van der Waals surface area contributed by atoms with Gasteiger partial charge in [0.2, 0.25) is 0 Å². The Morgan fingerprint density at radius 3 is 2.79 bits per heavy atom. The molecule has 6 nitrogen and oxygen atoms in total. The van der Waals surface area contributed by atoms with Crippen LogP contribution >= 0.6 is 22.9 Å². The molecule has 0 amide bonds. The van der Waals surface area contributed by atoms with Crippen LogP contribution in [0.2, 0.25) is 5.02 Å². The van der Waals surface area contributed by atoms with Gasteiger partial charge in [-0.3, -0.25) is 9.36 Å². The maximum absolute atomic E-state index is 13.4. The van der Waals surface area contributed by atoms with Crippen molar-refractivity contribution in [1.82, 2.24) is 19.2 Å². The highest BCUT2D eigenvalue weighted by Gasteiger charge is 2.19. The molecule has 5 rings (SSSR count). The molecular formula is C21H16ClN5OS. The first-order chi connectivity index (χ1) is 14.1. The Morgan fingerprint density at radius 1 is 1.14 bits per heavy atom. The molecular weight excluding hydrogens is 406 g/mol. The largest absolute Gasteiger partial charge is 0.362 e. The van der Waals surface area contributed by atoms with Gasteiger partial charge in [-0.15, -0.1) is 11.3 Å². The van der Waals surface area contributed by atoms with Gasteiger partial charge in [0, 0.05) is 33.7 Å². The summed E-state index contributed by atoms with van der Waals surface area (Å²) >= 11 is 7.79. The van der Waals surface area contributed by atoms with E-state index in [0.29, 0.717) is 10.4 Å². The second kappa shape index (κ2) is 7.02. The number of aromatic nitrogens is 4. The zero-order chi connectivity index (χ0) is 20.0. The zero-order valence-corrected chi connectivity index (χ0v) is 17.0. The predicted molar refractivity (Wildman–Crippen MR) is 117 cm³/mol. The fourth-order valence-electron chi connectivity index (χ4n) is 3.49. The number of thiophene rings is 1. The van der Waals surface area contributed by atoms with E-state index in [2.05, 4.69) is 15.4 Å². The highest BCUT2D eigenvalue weighted by molar-refractivity contribution is 7.17. The van der Waals surface area contributed by atoms with Crippen molar-refractivity contribution in [2.75, 3.05) is 5.32 Å². The number of halogens is 1. The Balaban J connectivity index is 1.69. The number of nitrogens with one attached hydrogen (secondary N) is 1. The summed E-state index contributed by atoms with van der Waals surface area (Å²) in [6, 6.07) is 15.2. The molecule has 0 saturated heterocycles. The molecule has 1 aromatic carbocycles. The lowest BCUT2D eigenvalue weighted by molar-refractivity contribution is 0.764. The van der Waals surface area contributed by atoms with Gasteiger partial charge in [-0.25, -0.2) is 4.98 Å². The minimum absolute atomic E-state index is 0.123. The minimum Gasteiger partial charge on any atom is -0.362 e. The average Bonchev–Trinajstić information content (AvgIpc) is 3.36. The third-order valence-corrected chi connectivity index (χ3v) is 6.20. The van der Waals surface area contributed by atoms with Crippen LogP contribution in [0.15, 0.2) is 71.1 Å². The first-order valence-corrected chi connectivity index (χ1v) is 10.3. The first kappa shape index (κ1) is 17.9. The predicted octanol–water partition coefficient (Wildman–Crippen LogP) is 4.92. The van der Waals surface area contributed by atoms with Crippen LogP contribution in [0.3, 0.4) is 0 Å². The molecule has 0 aliphatic rings. The van der Waals surface area contributed by atoms with Gasteiger partial charge >= 0.3 is 0 Å². The molecule has 0 saturated carbocycles. The molecule has 1 atom stereocenters. The quantitative estimate of drug-likeness (QED) is 0.447. The number of pyridine rings is 1. The first-order valence-electron chi connectivity index (χ1n) is 9.07. The molecule has 0 aliphatic carbocycles. The van der Waals surface area contributed by atoms with E-state index in [1.165, 1.54) is 11.3 Å². The molecule has 4 aromatic heterocycles. The van der Waals surface area contributed by atoms with E-state index >= 15 is 0 Å². The highest BCUT2D eigenvalue weighted by atomic mass is 35.5. The molecule has 0 aliphatic heterocycles. The maximum Gasteiger partial charge on any atom is 0.265 e. The molecule has 0 fully saturated rings. The fourth-order valence-corrected chi connectivity index (χ4v) is 4.72. The summed E-state index contributed by atoms with van der Waals surface area (Å²) in [6.07, 6.45) is 3.44. The van der Waals surface area contributed by atoms with Gasteiger partial charge in [-0.05, 0) is 31.2 Å². The minimum atomic E-state index is -0.178. The topological polar surface area (TPSA) is 64.2 Å². The third-order valence-electron chi connectivity index (χ3n) is 4.84. The lowest BCUT2D eigenvalue weighted by Crippen LogP contribution is -2.25. The van der Waals surface area contributed by atoms with Crippen molar-refractivity contribution in [3.63, 3.8) is 0 Å². The Labute approximate surface area is 175 Å². The highest BCUT2D eigenvalue weighted by Crippen LogP contribution is 2.31. The van der Waals surface area contributed by atoms with Gasteiger partial charge < -0.3 is 5.32 Å². The van der Waals surface area contributed by atoms with E-state index in [-0.39, 0.29) is 11.6 Å². The Hall–Kier alpha value is -3.16. The lowest BCUT2D eigenvalue weighted by Gasteiger charge is -2.21. The van der Waals surface area contributed by atoms with Gasteiger partial charge in [0.15, 0.2) is 5.65 Å². The fraction of sp³-hybridized carbons (Fsp3) is 0.0952. The normalized spacial score (nSPS) is 12.5. The average molecular weight is 422 g/mol. The van der Waals surface area contributed by atoms with Crippen LogP contribution < -0.4 is 10.9 Å². The van der Waals surface area contributed by atoms with Crippen molar-refractivity contribution in [3.8, 4) is 5.69 Å². The number of rotatable bonds is 4. The molecule has 5 aromatic rings. The molecule has 0 radical (unpaired) electrons. The van der Waals surface area contributed by atoms with Crippen molar-refractivity contribution in [2.45, 2.75) is 13.0 Å². The summed E-state index contributed by atoms with van der Waals surface area (Å²) in [7, 11) is 0. The molecule has 29 heavy (non-hydrogen) atoms. The van der Waals surface area contributed by atoms with Crippen LogP contribution in [0, 0.1) is 0 Å². The number of fused-ring (bicyclic) bond motifs is 2. The third kappa shape index (κ3) is 2.99. The number of hydrogen-bond donors (Lipinski definition) is 1. The van der Waals surface area contributed by atoms with Crippen LogP contribution in [-0.4, -0.2) is 19.2 Å². The Kier molecular flexibility index (Phi) is 4.34. The van der Waals surface area contributed by atoms with E-state index in [1.54, 1.807) is 26.9 Å². The van der Waals surface area contributed by atoms with Crippen LogP contribution in [0.4, 0.5) is 5.82 Å². The van der Waals surface area contributed by atoms with Crippen LogP contribution in [-0.2, 0) is 0 Å². The second-order valence-electron chi connectivity index (χ2n) is 6.67. The van der Waals surface area contributed by atoms with Gasteiger partial charge in [-0.2, -0.15) is 9.61 Å². The monoisotopic (exact) mass is 421 g/mol. The van der Waals surface area contributed by atoms with E-state index < -0.39 is 0 Å². The van der Waals surface area contributed by atoms with Crippen molar-refractivity contribution in [2.24, 2.45) is 0 Å². The summed E-state index contributed by atoms with van der Waals surface area (Å²) in [5.74, 6) is 0.795. The molecule has 0 spiro atoms. The number of nitrogens with zero attached hydrogens (tertiary/aromatic N) is 4. The molecule has 0 bridgehead atoms. The van der Waals surface area contributed by atoms with E-state index in [9.17, 15) is 4.79 Å². The van der Waals surface area contributed by atoms with Crippen LogP contribution in [0.5, 0.6) is 0 Å².